The van der Waals surface area contributed by atoms with Crippen molar-refractivity contribution in [2.45, 2.75) is 19.1 Å². The lowest BCUT2D eigenvalue weighted by atomic mass is 9.99. The molecule has 1 aliphatic rings. The average Bonchev–Trinajstić information content (AvgIpc) is 3.09. The molecule has 2 heterocycles. The Morgan fingerprint density at radius 1 is 1.21 bits per heavy atom. The first-order valence-corrected chi connectivity index (χ1v) is 9.25. The van der Waals surface area contributed by atoms with E-state index >= 15 is 0 Å². The van der Waals surface area contributed by atoms with Crippen molar-refractivity contribution >= 4 is 5.91 Å². The number of likely N-dealkylation sites (N-methyl/N-ethyl adjacent to an activating group) is 1. The number of ether oxygens (including phenoxy) is 1. The molecular weight excluding hydrogens is 357 g/mol. The SMILES string of the molecule is CN(CC1Cc2ccccc2CO1)C(=O)c1cc(-c2ccc(F)cc2)nn1C. The zero-order valence-corrected chi connectivity index (χ0v) is 15.9. The molecule has 3 aromatic rings. The van der Waals surface area contributed by atoms with Crippen LogP contribution in [0.15, 0.2) is 54.6 Å². The van der Waals surface area contributed by atoms with E-state index in [4.69, 9.17) is 4.74 Å². The molecule has 1 aliphatic heterocycles. The highest BCUT2D eigenvalue weighted by Crippen LogP contribution is 2.22. The highest BCUT2D eigenvalue weighted by atomic mass is 19.1. The van der Waals surface area contributed by atoms with E-state index in [1.54, 1.807) is 41.9 Å². The van der Waals surface area contributed by atoms with Crippen LogP contribution in [-0.2, 0) is 24.8 Å². The second kappa shape index (κ2) is 7.56. The van der Waals surface area contributed by atoms with Gasteiger partial charge in [0.2, 0.25) is 0 Å². The normalized spacial score (nSPS) is 15.9. The Bertz CT molecular complexity index is 997. The van der Waals surface area contributed by atoms with Crippen molar-refractivity contribution in [2.24, 2.45) is 7.05 Å². The summed E-state index contributed by atoms with van der Waals surface area (Å²) >= 11 is 0. The predicted octanol–water partition coefficient (Wildman–Crippen LogP) is 3.44. The predicted molar refractivity (Wildman–Crippen MR) is 104 cm³/mol. The van der Waals surface area contributed by atoms with Crippen LogP contribution < -0.4 is 0 Å². The summed E-state index contributed by atoms with van der Waals surface area (Å²) in [5.74, 6) is -0.421. The van der Waals surface area contributed by atoms with Gasteiger partial charge >= 0.3 is 0 Å². The summed E-state index contributed by atoms with van der Waals surface area (Å²) in [6.45, 7) is 1.08. The van der Waals surface area contributed by atoms with Crippen LogP contribution >= 0.6 is 0 Å². The van der Waals surface area contributed by atoms with Crippen LogP contribution in [0.4, 0.5) is 4.39 Å². The molecule has 1 amide bonds. The van der Waals surface area contributed by atoms with E-state index in [2.05, 4.69) is 17.2 Å². The molecule has 0 saturated heterocycles. The Balaban J connectivity index is 1.46. The molecule has 1 aromatic heterocycles. The second-order valence-corrected chi connectivity index (χ2v) is 7.14. The summed E-state index contributed by atoms with van der Waals surface area (Å²) < 4.78 is 20.6. The fourth-order valence-electron chi connectivity index (χ4n) is 3.54. The van der Waals surface area contributed by atoms with E-state index in [0.29, 0.717) is 24.5 Å². The first kappa shape index (κ1) is 18.4. The van der Waals surface area contributed by atoms with Gasteiger partial charge in [-0.15, -0.1) is 0 Å². The number of halogens is 1. The quantitative estimate of drug-likeness (QED) is 0.698. The number of aryl methyl sites for hydroxylation is 1. The number of fused-ring (bicyclic) bond motifs is 1. The van der Waals surface area contributed by atoms with Crippen LogP contribution in [-0.4, -0.2) is 40.3 Å². The van der Waals surface area contributed by atoms with Gasteiger partial charge in [-0.3, -0.25) is 9.48 Å². The monoisotopic (exact) mass is 379 g/mol. The molecule has 1 atom stereocenters. The van der Waals surface area contributed by atoms with Gasteiger partial charge in [-0.05, 0) is 41.5 Å². The lowest BCUT2D eigenvalue weighted by molar-refractivity contribution is 0.00961. The van der Waals surface area contributed by atoms with Crippen LogP contribution in [0.3, 0.4) is 0 Å². The molecule has 5 nitrogen and oxygen atoms in total. The molecule has 0 bridgehead atoms. The Morgan fingerprint density at radius 2 is 1.93 bits per heavy atom. The molecule has 0 N–H and O–H groups in total. The summed E-state index contributed by atoms with van der Waals surface area (Å²) in [5.41, 5.74) is 4.38. The highest BCUT2D eigenvalue weighted by Gasteiger charge is 2.24. The van der Waals surface area contributed by atoms with Crippen molar-refractivity contribution in [1.29, 1.82) is 0 Å². The van der Waals surface area contributed by atoms with Gasteiger partial charge in [0.15, 0.2) is 0 Å². The van der Waals surface area contributed by atoms with Crippen LogP contribution in [0, 0.1) is 5.82 Å². The van der Waals surface area contributed by atoms with Gasteiger partial charge in [-0.25, -0.2) is 4.39 Å². The van der Waals surface area contributed by atoms with Crippen LogP contribution in [0.1, 0.15) is 21.6 Å². The maximum Gasteiger partial charge on any atom is 0.271 e. The van der Waals surface area contributed by atoms with E-state index in [1.807, 2.05) is 12.1 Å². The molecule has 0 radical (unpaired) electrons. The molecule has 0 aliphatic carbocycles. The number of amides is 1. The van der Waals surface area contributed by atoms with E-state index in [9.17, 15) is 9.18 Å². The lowest BCUT2D eigenvalue weighted by Crippen LogP contribution is -2.38. The number of benzene rings is 2. The number of carbonyl (C=O) groups is 1. The molecule has 0 saturated carbocycles. The largest absolute Gasteiger partial charge is 0.371 e. The summed E-state index contributed by atoms with van der Waals surface area (Å²) in [6.07, 6.45) is 0.758. The van der Waals surface area contributed by atoms with Crippen molar-refractivity contribution in [2.75, 3.05) is 13.6 Å². The molecule has 144 valence electrons. The number of aromatic nitrogens is 2. The van der Waals surface area contributed by atoms with Crippen molar-refractivity contribution in [3.05, 3.63) is 77.2 Å². The van der Waals surface area contributed by atoms with Crippen LogP contribution in [0.5, 0.6) is 0 Å². The van der Waals surface area contributed by atoms with Gasteiger partial charge in [0, 0.05) is 32.6 Å². The van der Waals surface area contributed by atoms with E-state index in [-0.39, 0.29) is 17.8 Å². The van der Waals surface area contributed by atoms with E-state index < -0.39 is 0 Å². The standard InChI is InChI=1S/C22H22FN3O2/c1-25(13-19-11-16-5-3-4-6-17(16)14-28-19)22(27)21-12-20(24-26(21)2)15-7-9-18(23)10-8-15/h3-10,12,19H,11,13-14H2,1-2H3. The van der Waals surface area contributed by atoms with Gasteiger partial charge in [0.25, 0.3) is 5.91 Å². The van der Waals surface area contributed by atoms with Gasteiger partial charge in [-0.2, -0.15) is 5.10 Å². The molecule has 1 unspecified atom stereocenters. The smallest absolute Gasteiger partial charge is 0.271 e. The summed E-state index contributed by atoms with van der Waals surface area (Å²) in [4.78, 5) is 14.6. The molecule has 4 rings (SSSR count). The van der Waals surface area contributed by atoms with E-state index in [0.717, 1.165) is 12.0 Å². The maximum absolute atomic E-state index is 13.1. The molecule has 28 heavy (non-hydrogen) atoms. The number of hydrogen-bond acceptors (Lipinski definition) is 3. The topological polar surface area (TPSA) is 47.4 Å². The van der Waals surface area contributed by atoms with Crippen LogP contribution in [0.2, 0.25) is 0 Å². The zero-order valence-electron chi connectivity index (χ0n) is 15.9. The first-order valence-electron chi connectivity index (χ1n) is 9.25. The summed E-state index contributed by atoms with van der Waals surface area (Å²) in [7, 11) is 3.51. The fourth-order valence-corrected chi connectivity index (χ4v) is 3.54. The number of carbonyl (C=O) groups excluding carboxylic acids is 1. The summed E-state index contributed by atoms with van der Waals surface area (Å²) in [6, 6.07) is 16.1. The fraction of sp³-hybridized carbons (Fsp3) is 0.273. The van der Waals surface area contributed by atoms with Crippen LogP contribution in [0.25, 0.3) is 11.3 Å². The number of rotatable bonds is 4. The van der Waals surface area contributed by atoms with E-state index in [1.165, 1.54) is 23.3 Å². The minimum absolute atomic E-state index is 0.0337. The third-order valence-corrected chi connectivity index (χ3v) is 5.10. The maximum atomic E-state index is 13.1. The molecule has 6 heteroatoms. The number of nitrogens with zero attached hydrogens (tertiary/aromatic N) is 3. The van der Waals surface area contributed by atoms with Gasteiger partial charge in [0.1, 0.15) is 11.5 Å². The highest BCUT2D eigenvalue weighted by molar-refractivity contribution is 5.93. The Hall–Kier alpha value is -2.99. The Morgan fingerprint density at radius 3 is 2.68 bits per heavy atom. The molecular formula is C22H22FN3O2. The second-order valence-electron chi connectivity index (χ2n) is 7.14. The average molecular weight is 379 g/mol. The molecule has 2 aromatic carbocycles. The first-order chi connectivity index (χ1) is 13.5. The summed E-state index contributed by atoms with van der Waals surface area (Å²) in [5, 5.41) is 4.41. The third kappa shape index (κ3) is 3.68. The lowest BCUT2D eigenvalue weighted by Gasteiger charge is -2.29. The van der Waals surface area contributed by atoms with Gasteiger partial charge in [-0.1, -0.05) is 24.3 Å². The van der Waals surface area contributed by atoms with Crippen molar-refractivity contribution in [3.8, 4) is 11.3 Å². The third-order valence-electron chi connectivity index (χ3n) is 5.10. The molecule has 0 spiro atoms. The Kier molecular flexibility index (Phi) is 4.96. The zero-order chi connectivity index (χ0) is 19.7. The minimum Gasteiger partial charge on any atom is -0.371 e. The van der Waals surface area contributed by atoms with Gasteiger partial charge in [0.05, 0.1) is 18.4 Å². The van der Waals surface area contributed by atoms with Gasteiger partial charge < -0.3 is 9.64 Å². The van der Waals surface area contributed by atoms with Crippen molar-refractivity contribution in [1.82, 2.24) is 14.7 Å². The number of hydrogen-bond donors (Lipinski definition) is 0. The van der Waals surface area contributed by atoms with Crippen molar-refractivity contribution < 1.29 is 13.9 Å². The molecule has 0 fully saturated rings. The Labute approximate surface area is 163 Å². The van der Waals surface area contributed by atoms with Crippen molar-refractivity contribution in [3.63, 3.8) is 0 Å². The minimum atomic E-state index is -0.301.